The summed E-state index contributed by atoms with van der Waals surface area (Å²) in [5, 5.41) is 2.71. The number of piperidine rings is 2. The van der Waals surface area contributed by atoms with Gasteiger partial charge >= 0.3 is 18.0 Å². The topological polar surface area (TPSA) is 158 Å². The average Bonchev–Trinajstić information content (AvgIpc) is 3.52. The molecule has 2 aliphatic carbocycles. The molecule has 304 valence electrons. The molecule has 2 aliphatic heterocycles. The molecule has 2 saturated carbocycles. The first kappa shape index (κ1) is 45.0. The van der Waals surface area contributed by atoms with Crippen molar-refractivity contribution in [2.24, 2.45) is 51.1 Å². The standard InChI is InChI=1S/C21H30N2O3.C20H34N2O5.ClH/c1-20(2,3)17(22)18(24)23-11-14-15(21(14,4)5)16(23)19(25)26-12-13-9-7-6-8-10-13;1-18(2,3)14(21-17(25)27-19(4,5)6)15(23)22-10-11-12(20(11,7)8)13(22)16(24)26-9;/h6-10,14-17H,11-12,22H2,1-5H3;11-14H,10H2,1-9H3,(H,21,25);1H/t14-,15-,16-,17+;11-,12-,13-,14+;/m00./s1. The van der Waals surface area contributed by atoms with Crippen molar-refractivity contribution >= 4 is 42.3 Å². The van der Waals surface area contributed by atoms with E-state index < -0.39 is 47.2 Å². The van der Waals surface area contributed by atoms with Crippen LogP contribution in [0.3, 0.4) is 0 Å². The number of ether oxygens (including phenoxy) is 3. The highest BCUT2D eigenvalue weighted by Crippen LogP contribution is 2.66. The fourth-order valence-electron chi connectivity index (χ4n) is 8.29. The zero-order valence-corrected chi connectivity index (χ0v) is 35.6. The molecule has 4 fully saturated rings. The van der Waals surface area contributed by atoms with Crippen LogP contribution in [0.1, 0.15) is 95.6 Å². The Kier molecular flexibility index (Phi) is 13.0. The number of halogens is 1. The van der Waals surface area contributed by atoms with Crippen molar-refractivity contribution in [2.45, 2.75) is 126 Å². The summed E-state index contributed by atoms with van der Waals surface area (Å²) in [5.74, 6) is -0.278. The Labute approximate surface area is 328 Å². The quantitative estimate of drug-likeness (QED) is 0.266. The van der Waals surface area contributed by atoms with Gasteiger partial charge in [0.25, 0.3) is 0 Å². The minimum Gasteiger partial charge on any atom is -0.467 e. The number of nitrogens with zero attached hydrogens (tertiary/aromatic N) is 2. The maximum Gasteiger partial charge on any atom is 0.408 e. The van der Waals surface area contributed by atoms with E-state index in [0.717, 1.165) is 5.56 Å². The molecule has 8 atom stereocenters. The predicted molar refractivity (Wildman–Crippen MR) is 208 cm³/mol. The first-order chi connectivity index (χ1) is 24.2. The number of amides is 3. The second kappa shape index (κ2) is 15.6. The van der Waals surface area contributed by atoms with E-state index in [0.29, 0.717) is 19.0 Å². The third-order valence-corrected chi connectivity index (χ3v) is 11.9. The summed E-state index contributed by atoms with van der Waals surface area (Å²) >= 11 is 0. The predicted octanol–water partition coefficient (Wildman–Crippen LogP) is 5.59. The molecular weight excluding hydrogens is 712 g/mol. The first-order valence-electron chi connectivity index (χ1n) is 18.8. The molecule has 1 aromatic carbocycles. The van der Waals surface area contributed by atoms with Crippen LogP contribution in [0.2, 0.25) is 0 Å². The number of fused-ring (bicyclic) bond motifs is 2. The van der Waals surface area contributed by atoms with Crippen LogP contribution in [-0.2, 0) is 40.0 Å². The monoisotopic (exact) mass is 776 g/mol. The van der Waals surface area contributed by atoms with Gasteiger partial charge in [0.2, 0.25) is 11.8 Å². The Hall–Kier alpha value is -3.38. The van der Waals surface area contributed by atoms with Crippen molar-refractivity contribution in [3.63, 3.8) is 0 Å². The van der Waals surface area contributed by atoms with Crippen LogP contribution < -0.4 is 11.1 Å². The Morgan fingerprint density at radius 3 is 1.67 bits per heavy atom. The number of alkyl carbamates (subject to hydrolysis) is 1. The maximum atomic E-state index is 13.3. The lowest BCUT2D eigenvalue weighted by atomic mass is 9.85. The molecule has 0 radical (unpaired) electrons. The van der Waals surface area contributed by atoms with Gasteiger partial charge in [0.05, 0.1) is 13.2 Å². The number of nitrogens with two attached hydrogens (primary N) is 1. The van der Waals surface area contributed by atoms with E-state index in [9.17, 15) is 24.0 Å². The smallest absolute Gasteiger partial charge is 0.408 e. The molecule has 13 heteroatoms. The van der Waals surface area contributed by atoms with Gasteiger partial charge in [-0.15, -0.1) is 12.4 Å². The van der Waals surface area contributed by atoms with Crippen LogP contribution in [0.4, 0.5) is 4.79 Å². The third-order valence-electron chi connectivity index (χ3n) is 11.9. The molecule has 2 heterocycles. The molecule has 0 aromatic heterocycles. The van der Waals surface area contributed by atoms with Crippen molar-refractivity contribution in [3.05, 3.63) is 35.9 Å². The molecule has 0 unspecified atom stereocenters. The summed E-state index contributed by atoms with van der Waals surface area (Å²) in [6.45, 7) is 26.6. The van der Waals surface area contributed by atoms with E-state index in [1.54, 1.807) is 30.6 Å². The zero-order chi connectivity index (χ0) is 40.2. The maximum absolute atomic E-state index is 13.3. The number of hydrogen-bond donors (Lipinski definition) is 2. The fraction of sp³-hybridized carbons (Fsp3) is 0.732. The lowest BCUT2D eigenvalue weighted by Gasteiger charge is -2.37. The van der Waals surface area contributed by atoms with E-state index in [4.69, 9.17) is 19.9 Å². The second-order valence-corrected chi connectivity index (χ2v) is 19.7. The lowest BCUT2D eigenvalue weighted by molar-refractivity contribution is -0.157. The minimum atomic E-state index is -0.805. The summed E-state index contributed by atoms with van der Waals surface area (Å²) in [7, 11) is 1.34. The molecule has 5 rings (SSSR count). The van der Waals surface area contributed by atoms with Crippen molar-refractivity contribution < 1.29 is 38.2 Å². The SMILES string of the molecule is CC(C)(C)[C@H](N)C(=O)N1C[C@H]2[C@@H]([C@H]1C(=O)OCc1ccccc1)C2(C)C.COC(=O)[C@@H]1[C@@H]2[C@H](CN1C(=O)[C@@H](NC(=O)OC(C)(C)C)C(C)(C)C)C2(C)C.Cl. The number of rotatable bonds is 7. The first-order valence-corrected chi connectivity index (χ1v) is 18.8. The van der Waals surface area contributed by atoms with Crippen molar-refractivity contribution in [2.75, 3.05) is 20.2 Å². The molecule has 54 heavy (non-hydrogen) atoms. The zero-order valence-electron chi connectivity index (χ0n) is 34.8. The Morgan fingerprint density at radius 2 is 1.24 bits per heavy atom. The van der Waals surface area contributed by atoms with Gasteiger partial charge < -0.3 is 35.1 Å². The number of hydrogen-bond acceptors (Lipinski definition) is 9. The van der Waals surface area contributed by atoms with Crippen molar-refractivity contribution in [1.29, 1.82) is 0 Å². The van der Waals surface area contributed by atoms with Crippen LogP contribution in [0, 0.1) is 45.3 Å². The van der Waals surface area contributed by atoms with Crippen LogP contribution in [0.15, 0.2) is 30.3 Å². The fourth-order valence-corrected chi connectivity index (χ4v) is 8.29. The summed E-state index contributed by atoms with van der Waals surface area (Å²) in [4.78, 5) is 67.1. The molecule has 1 aromatic rings. The molecule has 0 bridgehead atoms. The number of carbonyl (C=O) groups excluding carboxylic acids is 5. The van der Waals surface area contributed by atoms with Crippen LogP contribution >= 0.6 is 12.4 Å². The summed E-state index contributed by atoms with van der Waals surface area (Å²) in [6.07, 6.45) is -0.643. The highest BCUT2D eigenvalue weighted by Gasteiger charge is 2.71. The number of methoxy groups -OCH3 is 1. The molecule has 12 nitrogen and oxygen atoms in total. The van der Waals surface area contributed by atoms with Crippen LogP contribution in [-0.4, -0.2) is 89.6 Å². The molecular formula is C41H65ClN4O8. The second-order valence-electron chi connectivity index (χ2n) is 19.7. The van der Waals surface area contributed by atoms with Crippen LogP contribution in [0.25, 0.3) is 0 Å². The Morgan fingerprint density at radius 1 is 0.778 bits per heavy atom. The molecule has 4 aliphatic rings. The lowest BCUT2D eigenvalue weighted by Crippen LogP contribution is -2.58. The van der Waals surface area contributed by atoms with Gasteiger partial charge in [-0.1, -0.05) is 99.6 Å². The van der Waals surface area contributed by atoms with Gasteiger partial charge in [-0.3, -0.25) is 9.59 Å². The van der Waals surface area contributed by atoms with E-state index in [1.807, 2.05) is 71.9 Å². The van der Waals surface area contributed by atoms with Crippen molar-refractivity contribution in [3.8, 4) is 0 Å². The molecule has 3 N–H and O–H groups in total. The van der Waals surface area contributed by atoms with E-state index in [-0.39, 0.29) is 70.8 Å². The van der Waals surface area contributed by atoms with Gasteiger partial charge in [0, 0.05) is 24.9 Å². The largest absolute Gasteiger partial charge is 0.467 e. The van der Waals surface area contributed by atoms with Gasteiger partial charge in [-0.05, 0) is 59.8 Å². The Bertz CT molecular complexity index is 1560. The number of likely N-dealkylation sites (tertiary alicyclic amines) is 2. The molecule has 3 amide bonds. The highest BCUT2D eigenvalue weighted by molar-refractivity contribution is 5.92. The summed E-state index contributed by atoms with van der Waals surface area (Å²) < 4.78 is 15.9. The Balaban J connectivity index is 0.000000285. The van der Waals surface area contributed by atoms with Gasteiger partial charge in [-0.2, -0.15) is 0 Å². The van der Waals surface area contributed by atoms with Crippen LogP contribution in [0.5, 0.6) is 0 Å². The molecule has 0 spiro atoms. The van der Waals surface area contributed by atoms with Gasteiger partial charge in [-0.25, -0.2) is 14.4 Å². The van der Waals surface area contributed by atoms with Gasteiger partial charge in [0.15, 0.2) is 0 Å². The van der Waals surface area contributed by atoms with E-state index in [2.05, 4.69) is 33.0 Å². The number of esters is 2. The summed E-state index contributed by atoms with van der Waals surface area (Å²) in [5.41, 5.74) is 5.66. The number of carbonyl (C=O) groups is 5. The van der Waals surface area contributed by atoms with Crippen molar-refractivity contribution in [1.82, 2.24) is 15.1 Å². The highest BCUT2D eigenvalue weighted by atomic mass is 35.5. The van der Waals surface area contributed by atoms with E-state index >= 15 is 0 Å². The number of benzene rings is 1. The number of nitrogens with one attached hydrogen (secondary N) is 1. The normalized spacial score (nSPS) is 27.0. The molecule has 2 saturated heterocycles. The minimum absolute atomic E-state index is 0. The van der Waals surface area contributed by atoms with Gasteiger partial charge in [0.1, 0.15) is 30.3 Å². The third kappa shape index (κ3) is 9.34. The summed E-state index contributed by atoms with van der Waals surface area (Å²) in [6, 6.07) is 7.02. The van der Waals surface area contributed by atoms with E-state index in [1.165, 1.54) is 7.11 Å². The average molecular weight is 777 g/mol.